The Bertz CT molecular complexity index is 1520. The van der Waals surface area contributed by atoms with Gasteiger partial charge in [-0.2, -0.15) is 0 Å². The summed E-state index contributed by atoms with van der Waals surface area (Å²) in [6.07, 6.45) is 1.75. The van der Waals surface area contributed by atoms with Crippen molar-refractivity contribution >= 4 is 28.3 Å². The third-order valence-electron chi connectivity index (χ3n) is 7.43. The lowest BCUT2D eigenvalue weighted by molar-refractivity contribution is -0.131. The van der Waals surface area contributed by atoms with Crippen molar-refractivity contribution in [1.29, 1.82) is 0 Å². The Morgan fingerprint density at radius 1 is 0.853 bits per heavy atom. The highest BCUT2D eigenvalue weighted by molar-refractivity contribution is 6.19. The van der Waals surface area contributed by atoms with Crippen LogP contribution in [0.5, 0.6) is 0 Å². The number of carbonyl (C=O) groups is 2. The van der Waals surface area contributed by atoms with Crippen LogP contribution in [-0.2, 0) is 21.4 Å². The van der Waals surface area contributed by atoms with Gasteiger partial charge in [-0.15, -0.1) is 0 Å². The summed E-state index contributed by atoms with van der Waals surface area (Å²) >= 11 is 0. The largest absolute Gasteiger partial charge is 0.443 e. The van der Waals surface area contributed by atoms with E-state index in [4.69, 9.17) is 4.74 Å². The van der Waals surface area contributed by atoms with Gasteiger partial charge < -0.3 is 4.74 Å². The van der Waals surface area contributed by atoms with E-state index >= 15 is 0 Å². The lowest BCUT2D eigenvalue weighted by Crippen LogP contribution is -2.43. The Morgan fingerprint density at radius 3 is 2.47 bits per heavy atom. The van der Waals surface area contributed by atoms with Crippen molar-refractivity contribution in [3.8, 4) is 0 Å². The van der Waals surface area contributed by atoms with Crippen LogP contribution in [0, 0.1) is 0 Å². The highest BCUT2D eigenvalue weighted by atomic mass is 16.6. The maximum absolute atomic E-state index is 14.5. The molecule has 4 nitrogen and oxygen atoms in total. The van der Waals surface area contributed by atoms with Gasteiger partial charge in [-0.05, 0) is 38.6 Å². The number of ether oxygens (including phenoxy) is 1. The second-order valence-corrected chi connectivity index (χ2v) is 9.20. The SMILES string of the molecule is O=C1O[C@@H]2Cc3ccccc3[C@@H]2N1C(=O)[C@@]1(c2cccc3ccccc23)C=C1c1ccccc1. The molecule has 0 spiro atoms. The second-order valence-electron chi connectivity index (χ2n) is 9.20. The number of hydrogen-bond acceptors (Lipinski definition) is 3. The zero-order valence-corrected chi connectivity index (χ0v) is 18.3. The summed E-state index contributed by atoms with van der Waals surface area (Å²) in [7, 11) is 0. The van der Waals surface area contributed by atoms with E-state index in [-0.39, 0.29) is 12.0 Å². The first-order valence-corrected chi connectivity index (χ1v) is 11.6. The minimum absolute atomic E-state index is 0.239. The Labute approximate surface area is 197 Å². The van der Waals surface area contributed by atoms with Crippen molar-refractivity contribution in [2.24, 2.45) is 0 Å². The molecule has 4 aromatic rings. The third-order valence-corrected chi connectivity index (χ3v) is 7.43. The van der Waals surface area contributed by atoms with E-state index in [1.165, 1.54) is 4.90 Å². The van der Waals surface area contributed by atoms with E-state index in [9.17, 15) is 9.59 Å². The number of fused-ring (bicyclic) bond motifs is 4. The lowest BCUT2D eigenvalue weighted by atomic mass is 9.83. The van der Waals surface area contributed by atoms with Gasteiger partial charge in [-0.1, -0.05) is 103 Å². The maximum atomic E-state index is 14.5. The van der Waals surface area contributed by atoms with Crippen LogP contribution < -0.4 is 0 Å². The molecule has 0 N–H and O–H groups in total. The van der Waals surface area contributed by atoms with Crippen molar-refractivity contribution in [1.82, 2.24) is 4.90 Å². The van der Waals surface area contributed by atoms with Crippen molar-refractivity contribution in [2.75, 3.05) is 0 Å². The normalized spacial score (nSPS) is 24.4. The summed E-state index contributed by atoms with van der Waals surface area (Å²) in [4.78, 5) is 29.0. The molecule has 2 aliphatic carbocycles. The fourth-order valence-electron chi connectivity index (χ4n) is 5.84. The van der Waals surface area contributed by atoms with E-state index in [1.807, 2.05) is 84.9 Å². The fraction of sp³-hybridized carbons (Fsp3) is 0.133. The minimum atomic E-state index is -1.01. The Balaban J connectivity index is 1.40. The van der Waals surface area contributed by atoms with E-state index in [1.54, 1.807) is 0 Å². The Morgan fingerprint density at radius 2 is 1.59 bits per heavy atom. The molecule has 2 amide bonds. The quantitative estimate of drug-likeness (QED) is 0.401. The van der Waals surface area contributed by atoms with E-state index in [0.717, 1.165) is 38.6 Å². The molecule has 3 aliphatic rings. The molecule has 1 heterocycles. The molecular formula is C30H21NO3. The van der Waals surface area contributed by atoms with Gasteiger partial charge in [0.05, 0.1) is 0 Å². The van der Waals surface area contributed by atoms with Crippen LogP contribution in [0.25, 0.3) is 16.3 Å². The molecule has 0 saturated carbocycles. The average Bonchev–Trinajstić information content (AvgIpc) is 3.43. The van der Waals surface area contributed by atoms with Gasteiger partial charge in [0.2, 0.25) is 0 Å². The topological polar surface area (TPSA) is 46.6 Å². The molecule has 0 unspecified atom stereocenters. The number of benzene rings is 4. The molecule has 164 valence electrons. The zero-order chi connectivity index (χ0) is 22.9. The molecular weight excluding hydrogens is 422 g/mol. The van der Waals surface area contributed by atoms with Gasteiger partial charge in [0.25, 0.3) is 5.91 Å². The molecule has 1 fully saturated rings. The monoisotopic (exact) mass is 443 g/mol. The smallest absolute Gasteiger partial charge is 0.417 e. The summed E-state index contributed by atoms with van der Waals surface area (Å²) in [6.45, 7) is 0. The zero-order valence-electron chi connectivity index (χ0n) is 18.3. The molecule has 1 aliphatic heterocycles. The van der Waals surface area contributed by atoms with E-state index in [2.05, 4.69) is 18.2 Å². The van der Waals surface area contributed by atoms with Gasteiger partial charge in [0, 0.05) is 6.42 Å². The summed E-state index contributed by atoms with van der Waals surface area (Å²) in [6, 6.07) is 31.7. The molecule has 1 saturated heterocycles. The van der Waals surface area contributed by atoms with Crippen LogP contribution in [0.4, 0.5) is 4.79 Å². The van der Waals surface area contributed by atoms with Crippen molar-refractivity contribution in [3.63, 3.8) is 0 Å². The number of carbonyl (C=O) groups excluding carboxylic acids is 2. The molecule has 0 radical (unpaired) electrons. The molecule has 34 heavy (non-hydrogen) atoms. The van der Waals surface area contributed by atoms with Crippen LogP contribution in [0.3, 0.4) is 0 Å². The predicted octanol–water partition coefficient (Wildman–Crippen LogP) is 5.82. The molecule has 0 bridgehead atoms. The second kappa shape index (κ2) is 6.91. The number of imide groups is 1. The minimum Gasteiger partial charge on any atom is -0.443 e. The first kappa shape index (κ1) is 19.3. The highest BCUT2D eigenvalue weighted by Crippen LogP contribution is 2.57. The summed E-state index contributed by atoms with van der Waals surface area (Å²) in [5, 5.41) is 2.07. The molecule has 4 aromatic carbocycles. The van der Waals surface area contributed by atoms with Crippen LogP contribution in [0.15, 0.2) is 103 Å². The van der Waals surface area contributed by atoms with Gasteiger partial charge >= 0.3 is 6.09 Å². The molecule has 4 heteroatoms. The molecule has 7 rings (SSSR count). The van der Waals surface area contributed by atoms with E-state index in [0.29, 0.717) is 6.42 Å². The van der Waals surface area contributed by atoms with Crippen molar-refractivity contribution in [3.05, 3.63) is 125 Å². The maximum Gasteiger partial charge on any atom is 0.417 e. The molecule has 0 aromatic heterocycles. The highest BCUT2D eigenvalue weighted by Gasteiger charge is 2.61. The number of amides is 2. The van der Waals surface area contributed by atoms with Gasteiger partial charge in [-0.25, -0.2) is 9.69 Å². The third kappa shape index (κ3) is 2.54. The van der Waals surface area contributed by atoms with Crippen LogP contribution in [-0.4, -0.2) is 23.0 Å². The first-order valence-electron chi connectivity index (χ1n) is 11.6. The Hall–Kier alpha value is -4.18. The number of hydrogen-bond donors (Lipinski definition) is 0. The van der Waals surface area contributed by atoms with Gasteiger partial charge in [0.15, 0.2) is 0 Å². The summed E-state index contributed by atoms with van der Waals surface area (Å²) in [5.74, 6) is -0.239. The van der Waals surface area contributed by atoms with Gasteiger partial charge in [0.1, 0.15) is 17.6 Å². The number of nitrogens with zero attached hydrogens (tertiary/aromatic N) is 1. The lowest BCUT2D eigenvalue weighted by Gasteiger charge is -2.28. The first-order chi connectivity index (χ1) is 16.7. The van der Waals surface area contributed by atoms with Crippen molar-refractivity contribution < 1.29 is 14.3 Å². The Kier molecular flexibility index (Phi) is 3.92. The average molecular weight is 444 g/mol. The standard InChI is InChI=1S/C30H21NO3/c32-28(31-27-23-15-7-5-12-21(23)17-26(27)34-29(31)33)30(18-25(30)20-10-2-1-3-11-20)24-16-8-13-19-9-4-6-14-22(19)24/h1-16,18,26-27H,17H2/t26-,27+,30-/m1/s1. The summed E-state index contributed by atoms with van der Waals surface area (Å²) in [5.41, 5.74) is 3.94. The molecule has 3 atom stereocenters. The van der Waals surface area contributed by atoms with Crippen LogP contribution >= 0.6 is 0 Å². The number of rotatable bonds is 3. The van der Waals surface area contributed by atoms with Crippen LogP contribution in [0.2, 0.25) is 0 Å². The van der Waals surface area contributed by atoms with Gasteiger partial charge in [-0.3, -0.25) is 4.79 Å². The van der Waals surface area contributed by atoms with Crippen molar-refractivity contribution in [2.45, 2.75) is 24.0 Å². The fourth-order valence-corrected chi connectivity index (χ4v) is 5.84. The predicted molar refractivity (Wildman–Crippen MR) is 130 cm³/mol. The van der Waals surface area contributed by atoms with E-state index < -0.39 is 17.6 Å². The van der Waals surface area contributed by atoms with Crippen LogP contribution in [0.1, 0.15) is 28.3 Å². The summed E-state index contributed by atoms with van der Waals surface area (Å²) < 4.78 is 5.73.